The van der Waals surface area contributed by atoms with Crippen LogP contribution in [0.25, 0.3) is 0 Å². The second kappa shape index (κ2) is 3.70. The van der Waals surface area contributed by atoms with Gasteiger partial charge in [0, 0.05) is 24.0 Å². The van der Waals surface area contributed by atoms with Crippen LogP contribution in [0.3, 0.4) is 0 Å². The molecule has 1 unspecified atom stereocenters. The van der Waals surface area contributed by atoms with Gasteiger partial charge in [-0.15, -0.1) is 0 Å². The SMILES string of the molecule is COc1ccc(C2(N)C=CNC=N2)cn1. The summed E-state index contributed by atoms with van der Waals surface area (Å²) >= 11 is 0. The lowest BCUT2D eigenvalue weighted by Gasteiger charge is -2.23. The Morgan fingerprint density at radius 2 is 2.33 bits per heavy atom. The van der Waals surface area contributed by atoms with E-state index < -0.39 is 5.66 Å². The van der Waals surface area contributed by atoms with Gasteiger partial charge in [0.05, 0.1) is 13.4 Å². The number of ether oxygens (including phenoxy) is 1. The van der Waals surface area contributed by atoms with E-state index in [1.54, 1.807) is 38.0 Å². The highest BCUT2D eigenvalue weighted by Crippen LogP contribution is 2.22. The Bertz CT molecular complexity index is 384. The number of hydrogen-bond acceptors (Lipinski definition) is 5. The molecule has 15 heavy (non-hydrogen) atoms. The van der Waals surface area contributed by atoms with Crippen LogP contribution in [0, 0.1) is 0 Å². The summed E-state index contributed by atoms with van der Waals surface area (Å²) in [6.07, 6.45) is 6.74. The van der Waals surface area contributed by atoms with E-state index in [2.05, 4.69) is 15.3 Å². The summed E-state index contributed by atoms with van der Waals surface area (Å²) in [5.74, 6) is 0.559. The Morgan fingerprint density at radius 3 is 2.87 bits per heavy atom. The Labute approximate surface area is 87.7 Å². The maximum atomic E-state index is 6.07. The Balaban J connectivity index is 2.32. The molecule has 2 rings (SSSR count). The quantitative estimate of drug-likeness (QED) is 0.729. The fraction of sp³-hybridized carbons (Fsp3) is 0.200. The zero-order chi connectivity index (χ0) is 10.7. The number of aromatic nitrogens is 1. The van der Waals surface area contributed by atoms with Gasteiger partial charge in [-0.05, 0) is 12.1 Å². The molecule has 1 aliphatic heterocycles. The average molecular weight is 204 g/mol. The van der Waals surface area contributed by atoms with Gasteiger partial charge in [0.2, 0.25) is 5.88 Å². The van der Waals surface area contributed by atoms with Gasteiger partial charge < -0.3 is 10.1 Å². The molecule has 1 aromatic rings. The normalized spacial score (nSPS) is 23.6. The lowest BCUT2D eigenvalue weighted by molar-refractivity contribution is 0.397. The van der Waals surface area contributed by atoms with Crippen molar-refractivity contribution in [2.75, 3.05) is 7.11 Å². The van der Waals surface area contributed by atoms with Crippen molar-refractivity contribution in [3.63, 3.8) is 0 Å². The molecule has 1 atom stereocenters. The predicted molar refractivity (Wildman–Crippen MR) is 57.4 cm³/mol. The Morgan fingerprint density at radius 1 is 1.47 bits per heavy atom. The predicted octanol–water partition coefficient (Wildman–Crippen LogP) is 0.347. The highest BCUT2D eigenvalue weighted by molar-refractivity contribution is 5.59. The minimum atomic E-state index is -0.829. The molecule has 0 spiro atoms. The van der Waals surface area contributed by atoms with Gasteiger partial charge in [-0.1, -0.05) is 0 Å². The molecule has 1 aliphatic rings. The molecular formula is C10H12N4O. The number of nitrogens with zero attached hydrogens (tertiary/aromatic N) is 2. The lowest BCUT2D eigenvalue weighted by atomic mass is 10.0. The second-order valence-corrected chi connectivity index (χ2v) is 3.17. The summed E-state index contributed by atoms with van der Waals surface area (Å²) in [6.45, 7) is 0. The number of aliphatic imine (C=N–C) groups is 1. The van der Waals surface area contributed by atoms with E-state index in [9.17, 15) is 0 Å². The van der Waals surface area contributed by atoms with Gasteiger partial charge >= 0.3 is 0 Å². The van der Waals surface area contributed by atoms with E-state index in [0.29, 0.717) is 5.88 Å². The van der Waals surface area contributed by atoms with Crippen LogP contribution in [0.2, 0.25) is 0 Å². The van der Waals surface area contributed by atoms with Crippen molar-refractivity contribution in [1.82, 2.24) is 10.3 Å². The molecule has 0 aliphatic carbocycles. The van der Waals surface area contributed by atoms with Crippen LogP contribution < -0.4 is 15.8 Å². The van der Waals surface area contributed by atoms with Gasteiger partial charge in [0.25, 0.3) is 0 Å². The summed E-state index contributed by atoms with van der Waals surface area (Å²) in [5.41, 5.74) is 6.05. The van der Waals surface area contributed by atoms with E-state index in [1.807, 2.05) is 6.07 Å². The standard InChI is InChI=1S/C10H12N4O/c1-15-9-3-2-8(6-13-9)10(11)4-5-12-7-14-10/h2-7H,11H2,1H3,(H,12,14). The molecular weight excluding hydrogens is 192 g/mol. The highest BCUT2D eigenvalue weighted by Gasteiger charge is 2.24. The first kappa shape index (κ1) is 9.67. The number of nitrogens with one attached hydrogen (secondary N) is 1. The van der Waals surface area contributed by atoms with E-state index in [0.717, 1.165) is 5.56 Å². The van der Waals surface area contributed by atoms with Crippen molar-refractivity contribution in [2.24, 2.45) is 10.7 Å². The molecule has 0 aromatic carbocycles. The van der Waals surface area contributed by atoms with Crippen LogP contribution in [0.5, 0.6) is 5.88 Å². The summed E-state index contributed by atoms with van der Waals surface area (Å²) in [6, 6.07) is 3.61. The topological polar surface area (TPSA) is 72.5 Å². The van der Waals surface area contributed by atoms with Crippen LogP contribution in [-0.2, 0) is 5.66 Å². The third-order valence-electron chi connectivity index (χ3n) is 2.19. The molecule has 0 amide bonds. The van der Waals surface area contributed by atoms with Crippen molar-refractivity contribution in [3.8, 4) is 5.88 Å². The Kier molecular flexibility index (Phi) is 2.39. The largest absolute Gasteiger partial charge is 0.481 e. The summed E-state index contributed by atoms with van der Waals surface area (Å²) in [5, 5.41) is 2.83. The van der Waals surface area contributed by atoms with Gasteiger partial charge in [0.1, 0.15) is 0 Å². The monoisotopic (exact) mass is 204 g/mol. The molecule has 0 saturated carbocycles. The molecule has 5 heteroatoms. The minimum Gasteiger partial charge on any atom is -0.481 e. The second-order valence-electron chi connectivity index (χ2n) is 3.17. The lowest BCUT2D eigenvalue weighted by Crippen LogP contribution is -2.35. The van der Waals surface area contributed by atoms with Gasteiger partial charge in [-0.2, -0.15) is 0 Å². The number of pyridine rings is 1. The number of methoxy groups -OCH3 is 1. The van der Waals surface area contributed by atoms with E-state index in [4.69, 9.17) is 10.5 Å². The van der Waals surface area contributed by atoms with Crippen molar-refractivity contribution in [3.05, 3.63) is 36.2 Å². The minimum absolute atomic E-state index is 0.559. The van der Waals surface area contributed by atoms with Crippen molar-refractivity contribution in [2.45, 2.75) is 5.66 Å². The summed E-state index contributed by atoms with van der Waals surface area (Å²) < 4.78 is 4.97. The van der Waals surface area contributed by atoms with Gasteiger partial charge in [-0.25, -0.2) is 9.98 Å². The zero-order valence-electron chi connectivity index (χ0n) is 8.34. The molecule has 0 saturated heterocycles. The zero-order valence-corrected chi connectivity index (χ0v) is 8.34. The molecule has 0 fully saturated rings. The molecule has 0 radical (unpaired) electrons. The van der Waals surface area contributed by atoms with Crippen LogP contribution in [0.15, 0.2) is 35.6 Å². The maximum absolute atomic E-state index is 6.07. The average Bonchev–Trinajstić information content (AvgIpc) is 2.30. The van der Waals surface area contributed by atoms with Crippen LogP contribution >= 0.6 is 0 Å². The van der Waals surface area contributed by atoms with Crippen LogP contribution in [-0.4, -0.2) is 18.4 Å². The van der Waals surface area contributed by atoms with E-state index in [-0.39, 0.29) is 0 Å². The van der Waals surface area contributed by atoms with Crippen LogP contribution in [0.1, 0.15) is 5.56 Å². The fourth-order valence-electron chi connectivity index (χ4n) is 1.31. The van der Waals surface area contributed by atoms with Crippen molar-refractivity contribution in [1.29, 1.82) is 0 Å². The highest BCUT2D eigenvalue weighted by atomic mass is 16.5. The first-order chi connectivity index (χ1) is 7.24. The van der Waals surface area contributed by atoms with Crippen LogP contribution in [0.4, 0.5) is 0 Å². The number of hydrogen-bond donors (Lipinski definition) is 2. The molecule has 2 heterocycles. The third kappa shape index (κ3) is 1.82. The van der Waals surface area contributed by atoms with E-state index >= 15 is 0 Å². The first-order valence-corrected chi connectivity index (χ1v) is 4.51. The molecule has 78 valence electrons. The number of nitrogens with two attached hydrogens (primary N) is 1. The molecule has 3 N–H and O–H groups in total. The smallest absolute Gasteiger partial charge is 0.212 e. The summed E-state index contributed by atoms with van der Waals surface area (Å²) in [4.78, 5) is 8.25. The van der Waals surface area contributed by atoms with Crippen molar-refractivity contribution < 1.29 is 4.74 Å². The molecule has 0 bridgehead atoms. The molecule has 1 aromatic heterocycles. The fourth-order valence-corrected chi connectivity index (χ4v) is 1.31. The number of rotatable bonds is 2. The third-order valence-corrected chi connectivity index (χ3v) is 2.19. The van der Waals surface area contributed by atoms with E-state index in [1.165, 1.54) is 0 Å². The summed E-state index contributed by atoms with van der Waals surface area (Å²) in [7, 11) is 1.57. The van der Waals surface area contributed by atoms with Gasteiger partial charge in [-0.3, -0.25) is 5.73 Å². The van der Waals surface area contributed by atoms with Gasteiger partial charge in [0.15, 0.2) is 5.66 Å². The molecule has 5 nitrogen and oxygen atoms in total. The first-order valence-electron chi connectivity index (χ1n) is 4.51. The maximum Gasteiger partial charge on any atom is 0.212 e. The van der Waals surface area contributed by atoms with Crippen molar-refractivity contribution >= 4 is 6.34 Å². The Hall–Kier alpha value is -1.88.